The third kappa shape index (κ3) is 64.0. The van der Waals surface area contributed by atoms with Gasteiger partial charge >= 0.3 is 17.9 Å². The number of carbonyl (C=O) groups is 3. The van der Waals surface area contributed by atoms with E-state index in [-0.39, 0.29) is 31.1 Å². The van der Waals surface area contributed by atoms with Crippen LogP contribution in [0, 0.1) is 0 Å². The quantitative estimate of drug-likeness (QED) is 0.0261. The SMILES string of the molecule is CC/C=C\C/C=C\C/C=C\C/C=C\C/C=C\C/C=C\C/C=C\C/C=C\C/C=C\C/C=C\CCCCC(=O)OCC(COC(=O)CCCCCCCCCCCCCCC)OC(=O)CCCCCCC/C=C\C/C=C\CCCCC. The van der Waals surface area contributed by atoms with Crippen molar-refractivity contribution in [1.29, 1.82) is 0 Å². The van der Waals surface area contributed by atoms with E-state index >= 15 is 0 Å². The molecule has 0 bridgehead atoms. The zero-order valence-corrected chi connectivity index (χ0v) is 51.1. The summed E-state index contributed by atoms with van der Waals surface area (Å²) in [5.74, 6) is -0.959. The molecule has 0 aliphatic heterocycles. The van der Waals surface area contributed by atoms with Crippen molar-refractivity contribution in [2.24, 2.45) is 0 Å². The third-order valence-corrected chi connectivity index (χ3v) is 13.3. The molecular weight excluding hydrogens is 973 g/mol. The summed E-state index contributed by atoms with van der Waals surface area (Å²) >= 11 is 0. The Bertz CT molecular complexity index is 1730. The predicted molar refractivity (Wildman–Crippen MR) is 343 cm³/mol. The molecule has 0 aromatic heterocycles. The van der Waals surface area contributed by atoms with E-state index in [2.05, 4.69) is 167 Å². The van der Waals surface area contributed by atoms with E-state index in [4.69, 9.17) is 14.2 Å². The van der Waals surface area contributed by atoms with Crippen LogP contribution in [0.4, 0.5) is 0 Å². The lowest BCUT2D eigenvalue weighted by Gasteiger charge is -2.18. The molecule has 0 amide bonds. The Morgan fingerprint density at radius 1 is 0.266 bits per heavy atom. The summed E-state index contributed by atoms with van der Waals surface area (Å²) in [6.45, 7) is 6.45. The second-order valence-corrected chi connectivity index (χ2v) is 20.9. The minimum Gasteiger partial charge on any atom is -0.462 e. The number of ether oxygens (including phenoxy) is 3. The van der Waals surface area contributed by atoms with Gasteiger partial charge in [-0.2, -0.15) is 0 Å². The molecule has 0 aromatic carbocycles. The maximum Gasteiger partial charge on any atom is 0.306 e. The molecule has 0 N–H and O–H groups in total. The summed E-state index contributed by atoms with van der Waals surface area (Å²) in [5, 5.41) is 0. The van der Waals surface area contributed by atoms with E-state index < -0.39 is 6.10 Å². The van der Waals surface area contributed by atoms with Crippen LogP contribution in [-0.2, 0) is 28.6 Å². The van der Waals surface area contributed by atoms with Gasteiger partial charge in [-0.25, -0.2) is 0 Å². The van der Waals surface area contributed by atoms with E-state index in [1.807, 2.05) is 0 Å². The van der Waals surface area contributed by atoms with Crippen molar-refractivity contribution < 1.29 is 28.6 Å². The van der Waals surface area contributed by atoms with Gasteiger partial charge in [0.15, 0.2) is 6.10 Å². The molecule has 0 spiro atoms. The average Bonchev–Trinajstić information content (AvgIpc) is 3.45. The monoisotopic (exact) mass is 1090 g/mol. The topological polar surface area (TPSA) is 78.9 Å². The number of hydrogen-bond donors (Lipinski definition) is 0. The van der Waals surface area contributed by atoms with Gasteiger partial charge in [-0.3, -0.25) is 14.4 Å². The summed E-state index contributed by atoms with van der Waals surface area (Å²) in [6.07, 6.45) is 94.3. The summed E-state index contributed by atoms with van der Waals surface area (Å²) < 4.78 is 16.8. The van der Waals surface area contributed by atoms with Gasteiger partial charge in [0.05, 0.1) is 0 Å². The molecule has 1 unspecified atom stereocenters. The Morgan fingerprint density at radius 3 is 0.823 bits per heavy atom. The van der Waals surface area contributed by atoms with Crippen LogP contribution in [0.1, 0.15) is 278 Å². The minimum atomic E-state index is -0.807. The van der Waals surface area contributed by atoms with E-state index in [0.29, 0.717) is 25.7 Å². The third-order valence-electron chi connectivity index (χ3n) is 13.3. The van der Waals surface area contributed by atoms with Crippen LogP contribution in [-0.4, -0.2) is 37.2 Å². The molecule has 0 rings (SSSR count). The Balaban J connectivity index is 4.38. The summed E-state index contributed by atoms with van der Waals surface area (Å²) in [5.41, 5.74) is 0. The molecule has 0 fully saturated rings. The molecular formula is C73H118O6. The van der Waals surface area contributed by atoms with E-state index in [1.165, 1.54) is 89.9 Å². The van der Waals surface area contributed by atoms with Gasteiger partial charge in [0.25, 0.3) is 0 Å². The van der Waals surface area contributed by atoms with Gasteiger partial charge < -0.3 is 14.2 Å². The van der Waals surface area contributed by atoms with Crippen molar-refractivity contribution in [1.82, 2.24) is 0 Å². The minimum absolute atomic E-state index is 0.0996. The fourth-order valence-corrected chi connectivity index (χ4v) is 8.50. The molecule has 0 aliphatic carbocycles. The molecule has 6 heteroatoms. The molecule has 1 atom stereocenters. The van der Waals surface area contributed by atoms with Crippen LogP contribution in [0.25, 0.3) is 0 Å². The molecule has 0 heterocycles. The number of hydrogen-bond acceptors (Lipinski definition) is 6. The number of unbranched alkanes of at least 4 members (excludes halogenated alkanes) is 22. The van der Waals surface area contributed by atoms with E-state index in [1.54, 1.807) is 0 Å². The molecule has 446 valence electrons. The lowest BCUT2D eigenvalue weighted by atomic mass is 10.0. The maximum atomic E-state index is 12.9. The zero-order chi connectivity index (χ0) is 57.1. The molecule has 0 radical (unpaired) electrons. The molecule has 0 aromatic rings. The first-order valence-corrected chi connectivity index (χ1v) is 32.3. The number of carbonyl (C=O) groups excluding carboxylic acids is 3. The second-order valence-electron chi connectivity index (χ2n) is 20.9. The van der Waals surface area contributed by atoms with Gasteiger partial charge in [-0.1, -0.05) is 276 Å². The van der Waals surface area contributed by atoms with Crippen LogP contribution < -0.4 is 0 Å². The summed E-state index contributed by atoms with van der Waals surface area (Å²) in [7, 11) is 0. The fraction of sp³-hybridized carbons (Fsp3) is 0.630. The van der Waals surface area contributed by atoms with Crippen LogP contribution in [0.3, 0.4) is 0 Å². The van der Waals surface area contributed by atoms with E-state index in [0.717, 1.165) is 141 Å². The maximum absolute atomic E-state index is 12.9. The molecule has 79 heavy (non-hydrogen) atoms. The smallest absolute Gasteiger partial charge is 0.306 e. The van der Waals surface area contributed by atoms with Crippen molar-refractivity contribution in [3.63, 3.8) is 0 Å². The Hall–Kier alpha value is -4.71. The molecule has 0 saturated carbocycles. The Labute approximate surface area is 487 Å². The highest BCUT2D eigenvalue weighted by Gasteiger charge is 2.19. The van der Waals surface area contributed by atoms with Crippen molar-refractivity contribution in [2.45, 2.75) is 284 Å². The largest absolute Gasteiger partial charge is 0.462 e. The molecule has 6 nitrogen and oxygen atoms in total. The normalized spacial score (nSPS) is 13.1. The van der Waals surface area contributed by atoms with Crippen LogP contribution in [0.5, 0.6) is 0 Å². The standard InChI is InChI=1S/C73H118O6/c1-4-7-10-13-16-19-22-25-27-28-29-30-31-32-33-34-35-36-37-38-39-40-41-42-43-44-46-48-51-54-57-60-63-66-72(75)78-69-70(68-77-71(74)65-62-59-56-53-50-47-24-21-18-15-12-9-6-3)79-73(76)67-64-61-58-55-52-49-45-26-23-20-17-14-11-8-5-2/h7,10,16-17,19-20,25-27,29-30,32-33,35-36,38-39,41-42,44-46,51,54,70H,4-6,8-9,11-15,18,21-24,28,31,34,37,40,43,47-50,52-53,55-69H2,1-3H3/b10-7-,19-16-,20-17-,27-25-,30-29-,33-32-,36-35-,39-38-,42-41-,45-26-,46-44-,54-51-. The summed E-state index contributed by atoms with van der Waals surface area (Å²) in [6, 6.07) is 0. The second kappa shape index (κ2) is 65.8. The highest BCUT2D eigenvalue weighted by Crippen LogP contribution is 2.15. The predicted octanol–water partition coefficient (Wildman–Crippen LogP) is 22.3. The number of esters is 3. The lowest BCUT2D eigenvalue weighted by molar-refractivity contribution is -0.167. The number of allylic oxidation sites excluding steroid dienone is 24. The van der Waals surface area contributed by atoms with Gasteiger partial charge in [-0.05, 0) is 128 Å². The molecule has 0 aliphatic rings. The first kappa shape index (κ1) is 74.3. The van der Waals surface area contributed by atoms with E-state index in [9.17, 15) is 14.4 Å². The van der Waals surface area contributed by atoms with Crippen molar-refractivity contribution in [3.8, 4) is 0 Å². The van der Waals surface area contributed by atoms with Crippen LogP contribution in [0.15, 0.2) is 146 Å². The summed E-state index contributed by atoms with van der Waals surface area (Å²) in [4.78, 5) is 38.2. The van der Waals surface area contributed by atoms with Gasteiger partial charge in [-0.15, -0.1) is 0 Å². The highest BCUT2D eigenvalue weighted by atomic mass is 16.6. The highest BCUT2D eigenvalue weighted by molar-refractivity contribution is 5.71. The fourth-order valence-electron chi connectivity index (χ4n) is 8.50. The average molecular weight is 1090 g/mol. The lowest BCUT2D eigenvalue weighted by Crippen LogP contribution is -2.30. The van der Waals surface area contributed by atoms with Gasteiger partial charge in [0, 0.05) is 19.3 Å². The van der Waals surface area contributed by atoms with Crippen molar-refractivity contribution in [2.75, 3.05) is 13.2 Å². The molecule has 0 saturated heterocycles. The van der Waals surface area contributed by atoms with Crippen LogP contribution >= 0.6 is 0 Å². The number of rotatable bonds is 57. The Morgan fingerprint density at radius 2 is 0.494 bits per heavy atom. The Kier molecular flexibility index (Phi) is 61.9. The zero-order valence-electron chi connectivity index (χ0n) is 51.1. The van der Waals surface area contributed by atoms with Crippen molar-refractivity contribution in [3.05, 3.63) is 146 Å². The van der Waals surface area contributed by atoms with Gasteiger partial charge in [0.1, 0.15) is 13.2 Å². The van der Waals surface area contributed by atoms with Crippen LogP contribution in [0.2, 0.25) is 0 Å². The first-order chi connectivity index (χ1) is 39.0. The first-order valence-electron chi connectivity index (χ1n) is 32.3. The van der Waals surface area contributed by atoms with Crippen molar-refractivity contribution >= 4 is 17.9 Å². The van der Waals surface area contributed by atoms with Gasteiger partial charge in [0.2, 0.25) is 0 Å².